The molecule has 134 valence electrons. The fourth-order valence-electron chi connectivity index (χ4n) is 4.05. The second-order valence-corrected chi connectivity index (χ2v) is 7.96. The first-order chi connectivity index (χ1) is 12.2. The Hall–Kier alpha value is -1.47. The number of morpholine rings is 1. The molecule has 0 amide bonds. The van der Waals surface area contributed by atoms with Gasteiger partial charge in [0.2, 0.25) is 0 Å². The van der Waals surface area contributed by atoms with Crippen LogP contribution in [0.1, 0.15) is 23.8 Å². The van der Waals surface area contributed by atoms with E-state index in [0.717, 1.165) is 67.2 Å². The van der Waals surface area contributed by atoms with Crippen LogP contribution in [0.3, 0.4) is 0 Å². The maximum Gasteiger partial charge on any atom is 0.326 e. The second kappa shape index (κ2) is 7.41. The van der Waals surface area contributed by atoms with Crippen LogP contribution in [0.4, 0.5) is 0 Å². The molecule has 1 N–H and O–H groups in total. The van der Waals surface area contributed by atoms with E-state index < -0.39 is 12.0 Å². The number of carboxylic acid groups (broad SMARTS) is 1. The molecular weight excluding hydrogens is 336 g/mol. The summed E-state index contributed by atoms with van der Waals surface area (Å²) in [4.78, 5) is 17.6. The molecule has 0 radical (unpaired) electrons. The molecule has 2 saturated heterocycles. The molecule has 0 aliphatic carbocycles. The smallest absolute Gasteiger partial charge is 0.326 e. The SMILES string of the molecule is O=C(O)C(c1cc2ccccc2s1)N1CCC(N2CCOCC2)CC1. The third-order valence-electron chi connectivity index (χ3n) is 5.37. The Morgan fingerprint density at radius 2 is 1.88 bits per heavy atom. The number of benzene rings is 1. The predicted molar refractivity (Wildman–Crippen MR) is 99.2 cm³/mol. The van der Waals surface area contributed by atoms with E-state index in [9.17, 15) is 9.90 Å². The maximum atomic E-state index is 12.0. The number of piperidine rings is 1. The predicted octanol–water partition coefficient (Wildman–Crippen LogP) is 2.82. The Bertz CT molecular complexity index is 700. The summed E-state index contributed by atoms with van der Waals surface area (Å²) >= 11 is 1.61. The van der Waals surface area contributed by atoms with E-state index in [2.05, 4.69) is 21.9 Å². The highest BCUT2D eigenvalue weighted by Gasteiger charge is 2.34. The van der Waals surface area contributed by atoms with E-state index in [4.69, 9.17) is 4.74 Å². The molecule has 5 nitrogen and oxygen atoms in total. The number of rotatable bonds is 4. The Morgan fingerprint density at radius 3 is 2.56 bits per heavy atom. The third kappa shape index (κ3) is 3.58. The summed E-state index contributed by atoms with van der Waals surface area (Å²) in [6, 6.07) is 10.2. The summed E-state index contributed by atoms with van der Waals surface area (Å²) in [5.41, 5.74) is 0. The average Bonchev–Trinajstić information content (AvgIpc) is 3.06. The van der Waals surface area contributed by atoms with Crippen molar-refractivity contribution in [1.29, 1.82) is 0 Å². The van der Waals surface area contributed by atoms with Gasteiger partial charge in [-0.25, -0.2) is 0 Å². The molecule has 25 heavy (non-hydrogen) atoms. The van der Waals surface area contributed by atoms with Gasteiger partial charge < -0.3 is 9.84 Å². The van der Waals surface area contributed by atoms with Crippen molar-refractivity contribution in [2.24, 2.45) is 0 Å². The highest BCUT2D eigenvalue weighted by molar-refractivity contribution is 7.19. The normalized spacial score (nSPS) is 22.2. The lowest BCUT2D eigenvalue weighted by atomic mass is 10.0. The van der Waals surface area contributed by atoms with Gasteiger partial charge in [0.25, 0.3) is 0 Å². The van der Waals surface area contributed by atoms with E-state index >= 15 is 0 Å². The molecule has 1 aromatic heterocycles. The summed E-state index contributed by atoms with van der Waals surface area (Å²) in [7, 11) is 0. The van der Waals surface area contributed by atoms with Gasteiger partial charge in [-0.1, -0.05) is 18.2 Å². The Kier molecular flexibility index (Phi) is 5.03. The first kappa shape index (κ1) is 17.0. The van der Waals surface area contributed by atoms with Gasteiger partial charge in [-0.2, -0.15) is 0 Å². The second-order valence-electron chi connectivity index (χ2n) is 6.84. The van der Waals surface area contributed by atoms with Crippen molar-refractivity contribution in [3.8, 4) is 0 Å². The van der Waals surface area contributed by atoms with E-state index in [0.29, 0.717) is 6.04 Å². The zero-order valence-electron chi connectivity index (χ0n) is 14.3. The van der Waals surface area contributed by atoms with Crippen LogP contribution in [-0.2, 0) is 9.53 Å². The number of likely N-dealkylation sites (tertiary alicyclic amines) is 1. The Morgan fingerprint density at radius 1 is 1.16 bits per heavy atom. The van der Waals surface area contributed by atoms with Crippen LogP contribution in [0.5, 0.6) is 0 Å². The number of hydrogen-bond donors (Lipinski definition) is 1. The molecule has 0 spiro atoms. The fraction of sp³-hybridized carbons (Fsp3) is 0.526. The van der Waals surface area contributed by atoms with Crippen LogP contribution in [0, 0.1) is 0 Å². The number of nitrogens with zero attached hydrogens (tertiary/aromatic N) is 2. The van der Waals surface area contributed by atoms with Crippen LogP contribution in [0.2, 0.25) is 0 Å². The first-order valence-corrected chi connectivity index (χ1v) is 9.81. The van der Waals surface area contributed by atoms with Crippen LogP contribution < -0.4 is 0 Å². The number of carboxylic acids is 1. The van der Waals surface area contributed by atoms with Gasteiger partial charge in [0.1, 0.15) is 6.04 Å². The molecule has 6 heteroatoms. The molecule has 1 aromatic carbocycles. The fourth-order valence-corrected chi connectivity index (χ4v) is 5.24. The summed E-state index contributed by atoms with van der Waals surface area (Å²) in [6.45, 7) is 5.33. The zero-order valence-corrected chi connectivity index (χ0v) is 15.1. The zero-order chi connectivity index (χ0) is 17.2. The topological polar surface area (TPSA) is 53.0 Å². The molecule has 1 unspecified atom stereocenters. The number of fused-ring (bicyclic) bond motifs is 1. The van der Waals surface area contributed by atoms with Crippen molar-refractivity contribution in [3.05, 3.63) is 35.2 Å². The van der Waals surface area contributed by atoms with Crippen molar-refractivity contribution in [2.75, 3.05) is 39.4 Å². The number of thiophene rings is 1. The number of aliphatic carboxylic acids is 1. The van der Waals surface area contributed by atoms with Gasteiger partial charge in [-0.15, -0.1) is 11.3 Å². The molecule has 2 aliphatic heterocycles. The summed E-state index contributed by atoms with van der Waals surface area (Å²) in [5.74, 6) is -0.739. The van der Waals surface area contributed by atoms with E-state index in [1.165, 1.54) is 0 Å². The van der Waals surface area contributed by atoms with Crippen molar-refractivity contribution >= 4 is 27.4 Å². The van der Waals surface area contributed by atoms with Gasteiger partial charge in [0, 0.05) is 41.8 Å². The highest BCUT2D eigenvalue weighted by atomic mass is 32.1. The molecule has 2 aliphatic rings. The lowest BCUT2D eigenvalue weighted by molar-refractivity contribution is -0.144. The summed E-state index contributed by atoms with van der Waals surface area (Å²) in [6.07, 6.45) is 2.07. The summed E-state index contributed by atoms with van der Waals surface area (Å²) < 4.78 is 6.60. The van der Waals surface area contributed by atoms with Gasteiger partial charge in [0.05, 0.1) is 13.2 Å². The number of hydrogen-bond acceptors (Lipinski definition) is 5. The minimum atomic E-state index is -0.739. The number of carbonyl (C=O) groups is 1. The van der Waals surface area contributed by atoms with E-state index in [1.807, 2.05) is 18.2 Å². The minimum absolute atomic E-state index is 0.525. The van der Waals surface area contributed by atoms with Crippen LogP contribution in [-0.4, -0.2) is 66.3 Å². The van der Waals surface area contributed by atoms with Crippen LogP contribution in [0.25, 0.3) is 10.1 Å². The average molecular weight is 360 g/mol. The van der Waals surface area contributed by atoms with Gasteiger partial charge in [-0.3, -0.25) is 14.6 Å². The van der Waals surface area contributed by atoms with Crippen LogP contribution in [0.15, 0.2) is 30.3 Å². The first-order valence-electron chi connectivity index (χ1n) is 8.99. The van der Waals surface area contributed by atoms with Gasteiger partial charge in [-0.05, 0) is 30.4 Å². The van der Waals surface area contributed by atoms with Crippen molar-refractivity contribution in [1.82, 2.24) is 9.80 Å². The van der Waals surface area contributed by atoms with Crippen LogP contribution >= 0.6 is 11.3 Å². The number of ether oxygens (including phenoxy) is 1. The minimum Gasteiger partial charge on any atom is -0.480 e. The van der Waals surface area contributed by atoms with E-state index in [1.54, 1.807) is 11.3 Å². The Labute approximate surface area is 151 Å². The molecule has 3 heterocycles. The molecule has 2 aromatic rings. The highest BCUT2D eigenvalue weighted by Crippen LogP contribution is 2.34. The molecular formula is C19H24N2O3S. The lowest BCUT2D eigenvalue weighted by Crippen LogP contribution is -2.50. The van der Waals surface area contributed by atoms with Gasteiger partial charge in [0.15, 0.2) is 0 Å². The monoisotopic (exact) mass is 360 g/mol. The van der Waals surface area contributed by atoms with Gasteiger partial charge >= 0.3 is 5.97 Å². The van der Waals surface area contributed by atoms with Crippen molar-refractivity contribution < 1.29 is 14.6 Å². The summed E-state index contributed by atoms with van der Waals surface area (Å²) in [5, 5.41) is 11.0. The largest absolute Gasteiger partial charge is 0.480 e. The maximum absolute atomic E-state index is 12.0. The van der Waals surface area contributed by atoms with Crippen molar-refractivity contribution in [2.45, 2.75) is 24.9 Å². The molecule has 2 fully saturated rings. The molecule has 4 rings (SSSR count). The molecule has 0 saturated carbocycles. The molecule has 0 bridgehead atoms. The van der Waals surface area contributed by atoms with Crippen molar-refractivity contribution in [3.63, 3.8) is 0 Å². The molecule has 1 atom stereocenters. The third-order valence-corrected chi connectivity index (χ3v) is 6.54. The quantitative estimate of drug-likeness (QED) is 0.909. The lowest BCUT2D eigenvalue weighted by Gasteiger charge is -2.41. The standard InChI is InChI=1S/C19H24N2O3S/c22-19(23)18(17-13-14-3-1-2-4-16(14)25-17)21-7-5-15(6-8-21)20-9-11-24-12-10-20/h1-4,13,15,18H,5-12H2,(H,22,23). The Balaban J connectivity index is 1.47. The van der Waals surface area contributed by atoms with E-state index in [-0.39, 0.29) is 0 Å².